The predicted octanol–water partition coefficient (Wildman–Crippen LogP) is 6.96. The minimum atomic E-state index is 0.276. The molecule has 0 spiro atoms. The van der Waals surface area contributed by atoms with Crippen molar-refractivity contribution in [3.8, 4) is 0 Å². The molecule has 0 heterocycles. The van der Waals surface area contributed by atoms with Crippen LogP contribution in [0.15, 0.2) is 12.2 Å². The number of carbonyl (C=O) groups is 2. The molecule has 0 unspecified atom stereocenters. The SMILES string of the molecule is CCCCCCCCCC/C=C/C(=O)CCCCCCCC(C)=O. The minimum Gasteiger partial charge on any atom is -0.300 e. The molecule has 0 amide bonds. The van der Waals surface area contributed by atoms with E-state index in [0.29, 0.717) is 12.8 Å². The molecule has 0 N–H and O–H groups in total. The maximum absolute atomic E-state index is 11.7. The van der Waals surface area contributed by atoms with Crippen molar-refractivity contribution in [1.29, 1.82) is 0 Å². The number of rotatable bonds is 18. The van der Waals surface area contributed by atoms with Crippen LogP contribution in [0.5, 0.6) is 0 Å². The normalized spacial score (nSPS) is 11.2. The molecule has 0 aliphatic heterocycles. The summed E-state index contributed by atoms with van der Waals surface area (Å²) in [5, 5.41) is 0. The topological polar surface area (TPSA) is 34.1 Å². The van der Waals surface area contributed by atoms with E-state index in [1.165, 1.54) is 51.4 Å². The molecule has 140 valence electrons. The highest BCUT2D eigenvalue weighted by Gasteiger charge is 1.98. The van der Waals surface area contributed by atoms with Crippen LogP contribution in [0.3, 0.4) is 0 Å². The number of unbranched alkanes of at least 4 members (excludes halogenated alkanes) is 12. The fourth-order valence-electron chi connectivity index (χ4n) is 2.90. The molecule has 0 rings (SSSR count). The number of hydrogen-bond donors (Lipinski definition) is 0. The Bertz CT molecular complexity index is 331. The van der Waals surface area contributed by atoms with Crippen LogP contribution in [0.1, 0.15) is 117 Å². The van der Waals surface area contributed by atoms with Gasteiger partial charge >= 0.3 is 0 Å². The van der Waals surface area contributed by atoms with E-state index in [1.807, 2.05) is 0 Å². The summed E-state index contributed by atoms with van der Waals surface area (Å²) in [6.45, 7) is 3.91. The molecule has 0 fully saturated rings. The zero-order valence-electron chi connectivity index (χ0n) is 16.3. The summed E-state index contributed by atoms with van der Waals surface area (Å²) in [6.07, 6.45) is 22.3. The van der Waals surface area contributed by atoms with E-state index in [-0.39, 0.29) is 11.6 Å². The maximum atomic E-state index is 11.7. The average molecular weight is 337 g/mol. The highest BCUT2D eigenvalue weighted by molar-refractivity contribution is 5.89. The summed E-state index contributed by atoms with van der Waals surface area (Å²) < 4.78 is 0. The Labute approximate surface area is 150 Å². The Kier molecular flexibility index (Phi) is 17.7. The average Bonchev–Trinajstić information content (AvgIpc) is 2.55. The molecule has 0 saturated carbocycles. The lowest BCUT2D eigenvalue weighted by Crippen LogP contribution is -1.93. The predicted molar refractivity (Wildman–Crippen MR) is 104 cm³/mol. The zero-order valence-corrected chi connectivity index (χ0v) is 16.3. The van der Waals surface area contributed by atoms with Crippen molar-refractivity contribution in [1.82, 2.24) is 0 Å². The first-order valence-corrected chi connectivity index (χ1v) is 10.4. The van der Waals surface area contributed by atoms with Gasteiger partial charge in [-0.15, -0.1) is 0 Å². The lowest BCUT2D eigenvalue weighted by Gasteiger charge is -2.00. The summed E-state index contributed by atoms with van der Waals surface area (Å²) in [5.74, 6) is 0.560. The van der Waals surface area contributed by atoms with Crippen LogP contribution < -0.4 is 0 Å². The van der Waals surface area contributed by atoms with Gasteiger partial charge in [0.1, 0.15) is 5.78 Å². The minimum absolute atomic E-state index is 0.276. The van der Waals surface area contributed by atoms with Crippen LogP contribution in [0.4, 0.5) is 0 Å². The van der Waals surface area contributed by atoms with Crippen LogP contribution >= 0.6 is 0 Å². The van der Waals surface area contributed by atoms with E-state index in [2.05, 4.69) is 13.0 Å². The third-order valence-corrected chi connectivity index (χ3v) is 4.48. The van der Waals surface area contributed by atoms with E-state index < -0.39 is 0 Å². The van der Waals surface area contributed by atoms with Crippen molar-refractivity contribution in [3.05, 3.63) is 12.2 Å². The van der Waals surface area contributed by atoms with Gasteiger partial charge in [-0.25, -0.2) is 0 Å². The fraction of sp³-hybridized carbons (Fsp3) is 0.818. The molecular formula is C22H40O2. The van der Waals surface area contributed by atoms with Crippen LogP contribution in [0, 0.1) is 0 Å². The molecule has 0 bridgehead atoms. The molecule has 0 aliphatic rings. The largest absolute Gasteiger partial charge is 0.300 e. The van der Waals surface area contributed by atoms with Crippen molar-refractivity contribution >= 4 is 11.6 Å². The monoisotopic (exact) mass is 336 g/mol. The van der Waals surface area contributed by atoms with Gasteiger partial charge in [0.05, 0.1) is 0 Å². The molecule has 0 aromatic carbocycles. The molecule has 0 radical (unpaired) electrons. The van der Waals surface area contributed by atoms with Crippen molar-refractivity contribution in [3.63, 3.8) is 0 Å². The van der Waals surface area contributed by atoms with Gasteiger partial charge in [-0.2, -0.15) is 0 Å². The first-order chi connectivity index (χ1) is 11.7. The van der Waals surface area contributed by atoms with Gasteiger partial charge in [0, 0.05) is 12.8 Å². The molecule has 0 aromatic heterocycles. The molecule has 2 nitrogen and oxygen atoms in total. The van der Waals surface area contributed by atoms with E-state index >= 15 is 0 Å². The molecule has 0 saturated heterocycles. The number of carbonyl (C=O) groups excluding carboxylic acids is 2. The van der Waals surface area contributed by atoms with E-state index in [4.69, 9.17) is 0 Å². The van der Waals surface area contributed by atoms with Crippen molar-refractivity contribution in [2.75, 3.05) is 0 Å². The Morgan fingerprint density at radius 1 is 0.667 bits per heavy atom. The number of Topliss-reactive ketones (excluding diaryl/α,β-unsaturated/α-hetero) is 1. The van der Waals surface area contributed by atoms with Crippen LogP contribution in [0.25, 0.3) is 0 Å². The van der Waals surface area contributed by atoms with Crippen molar-refractivity contribution in [2.24, 2.45) is 0 Å². The van der Waals surface area contributed by atoms with Crippen LogP contribution in [-0.2, 0) is 9.59 Å². The Morgan fingerprint density at radius 2 is 1.17 bits per heavy atom. The standard InChI is InChI=1S/C22H40O2/c1-3-4-5-6-7-8-9-10-13-16-19-22(24)20-17-14-11-12-15-18-21(2)23/h16,19H,3-15,17-18,20H2,1-2H3/b19-16+. The summed E-state index contributed by atoms with van der Waals surface area (Å²) in [5.41, 5.74) is 0. The lowest BCUT2D eigenvalue weighted by atomic mass is 10.1. The van der Waals surface area contributed by atoms with Gasteiger partial charge in [-0.3, -0.25) is 4.79 Å². The van der Waals surface area contributed by atoms with Crippen molar-refractivity contribution < 1.29 is 9.59 Å². The quantitative estimate of drug-likeness (QED) is 0.200. The number of ketones is 2. The Balaban J connectivity index is 3.29. The van der Waals surface area contributed by atoms with E-state index in [0.717, 1.165) is 38.5 Å². The summed E-state index contributed by atoms with van der Waals surface area (Å²) >= 11 is 0. The summed E-state index contributed by atoms with van der Waals surface area (Å²) in [4.78, 5) is 22.5. The Hall–Kier alpha value is -0.920. The first kappa shape index (κ1) is 23.1. The third-order valence-electron chi connectivity index (χ3n) is 4.48. The fourth-order valence-corrected chi connectivity index (χ4v) is 2.90. The highest BCUT2D eigenvalue weighted by atomic mass is 16.1. The van der Waals surface area contributed by atoms with Gasteiger partial charge in [-0.05, 0) is 38.7 Å². The van der Waals surface area contributed by atoms with Gasteiger partial charge in [-0.1, -0.05) is 77.2 Å². The molecule has 0 aliphatic carbocycles. The Morgan fingerprint density at radius 3 is 1.75 bits per heavy atom. The summed E-state index contributed by atoms with van der Waals surface area (Å²) in [7, 11) is 0. The smallest absolute Gasteiger partial charge is 0.155 e. The van der Waals surface area contributed by atoms with E-state index in [1.54, 1.807) is 13.0 Å². The maximum Gasteiger partial charge on any atom is 0.155 e. The number of allylic oxidation sites excluding steroid dienone is 2. The zero-order chi connectivity index (χ0) is 17.9. The second-order valence-corrected chi connectivity index (χ2v) is 7.10. The second-order valence-electron chi connectivity index (χ2n) is 7.10. The second kappa shape index (κ2) is 18.4. The van der Waals surface area contributed by atoms with Crippen LogP contribution in [0.2, 0.25) is 0 Å². The van der Waals surface area contributed by atoms with Gasteiger partial charge in [0.25, 0.3) is 0 Å². The molecule has 0 atom stereocenters. The van der Waals surface area contributed by atoms with Crippen LogP contribution in [-0.4, -0.2) is 11.6 Å². The highest BCUT2D eigenvalue weighted by Crippen LogP contribution is 2.10. The van der Waals surface area contributed by atoms with E-state index in [9.17, 15) is 9.59 Å². The molecule has 2 heteroatoms. The number of hydrogen-bond acceptors (Lipinski definition) is 2. The van der Waals surface area contributed by atoms with Gasteiger partial charge < -0.3 is 4.79 Å². The molecule has 0 aromatic rings. The molecule has 24 heavy (non-hydrogen) atoms. The third kappa shape index (κ3) is 19.1. The lowest BCUT2D eigenvalue weighted by molar-refractivity contribution is -0.117. The molecular weight excluding hydrogens is 296 g/mol. The van der Waals surface area contributed by atoms with Gasteiger partial charge in [0.15, 0.2) is 5.78 Å². The van der Waals surface area contributed by atoms with Gasteiger partial charge in [0.2, 0.25) is 0 Å². The van der Waals surface area contributed by atoms with Crippen molar-refractivity contribution in [2.45, 2.75) is 117 Å². The first-order valence-electron chi connectivity index (χ1n) is 10.4. The summed E-state index contributed by atoms with van der Waals surface area (Å²) in [6, 6.07) is 0.